The van der Waals surface area contributed by atoms with Gasteiger partial charge in [0, 0.05) is 12.3 Å². The van der Waals surface area contributed by atoms with E-state index in [-0.39, 0.29) is 17.0 Å². The second kappa shape index (κ2) is 2.95. The molecule has 0 saturated heterocycles. The standard InChI is InChI=1S/C9H6N2O3/c12-7-2-1-6-8(11-7)5(9(13)14)3-4-10-6/h1-4H,(H,11,12)(H,13,14). The molecule has 0 amide bonds. The number of hydrogen-bond acceptors (Lipinski definition) is 4. The Hall–Kier alpha value is -2.17. The maximum atomic E-state index is 10.8. The highest BCUT2D eigenvalue weighted by molar-refractivity contribution is 6.00. The summed E-state index contributed by atoms with van der Waals surface area (Å²) in [6, 6.07) is 4.22. The minimum absolute atomic E-state index is 0.0332. The summed E-state index contributed by atoms with van der Waals surface area (Å²) < 4.78 is 0. The van der Waals surface area contributed by atoms with Crippen LogP contribution >= 0.6 is 0 Å². The van der Waals surface area contributed by atoms with E-state index in [0.717, 1.165) is 0 Å². The molecule has 70 valence electrons. The molecule has 2 aromatic heterocycles. The molecular formula is C9H6N2O3. The minimum Gasteiger partial charge on any atom is -0.493 e. The summed E-state index contributed by atoms with van der Waals surface area (Å²) in [6.45, 7) is 0. The van der Waals surface area contributed by atoms with E-state index in [1.165, 1.54) is 24.4 Å². The van der Waals surface area contributed by atoms with E-state index in [4.69, 9.17) is 10.2 Å². The van der Waals surface area contributed by atoms with Gasteiger partial charge in [-0.25, -0.2) is 9.78 Å². The van der Waals surface area contributed by atoms with Crippen LogP contribution in [-0.4, -0.2) is 26.2 Å². The number of hydrogen-bond donors (Lipinski definition) is 2. The third-order valence-electron chi connectivity index (χ3n) is 1.80. The third-order valence-corrected chi connectivity index (χ3v) is 1.80. The third kappa shape index (κ3) is 1.24. The van der Waals surface area contributed by atoms with Gasteiger partial charge in [0.1, 0.15) is 5.52 Å². The number of carboxylic acids is 1. The average molecular weight is 190 g/mol. The van der Waals surface area contributed by atoms with Crippen LogP contribution in [0.1, 0.15) is 10.4 Å². The van der Waals surface area contributed by atoms with Gasteiger partial charge in [0.15, 0.2) is 0 Å². The lowest BCUT2D eigenvalue weighted by Crippen LogP contribution is -1.99. The van der Waals surface area contributed by atoms with Crippen molar-refractivity contribution in [2.24, 2.45) is 0 Å². The molecule has 0 aliphatic carbocycles. The van der Waals surface area contributed by atoms with Crippen molar-refractivity contribution in [3.63, 3.8) is 0 Å². The molecule has 5 heteroatoms. The smallest absolute Gasteiger partial charge is 0.338 e. The first-order chi connectivity index (χ1) is 6.68. The number of aromatic hydroxyl groups is 1. The van der Waals surface area contributed by atoms with Crippen LogP contribution in [0.25, 0.3) is 11.0 Å². The van der Waals surface area contributed by atoms with Crippen molar-refractivity contribution in [2.75, 3.05) is 0 Å². The highest BCUT2D eigenvalue weighted by Crippen LogP contribution is 2.17. The number of carboxylic acid groups (broad SMARTS) is 1. The average Bonchev–Trinajstić information content (AvgIpc) is 2.16. The summed E-state index contributed by atoms with van der Waals surface area (Å²) in [5, 5.41) is 17.9. The number of aromatic carboxylic acids is 1. The molecule has 0 bridgehead atoms. The lowest BCUT2D eigenvalue weighted by molar-refractivity contribution is 0.0698. The summed E-state index contributed by atoms with van der Waals surface area (Å²) in [6.07, 6.45) is 1.39. The van der Waals surface area contributed by atoms with Crippen molar-refractivity contribution in [2.45, 2.75) is 0 Å². The molecule has 0 radical (unpaired) electrons. The molecule has 0 fully saturated rings. The monoisotopic (exact) mass is 190 g/mol. The molecule has 2 aromatic rings. The van der Waals surface area contributed by atoms with E-state index in [1.54, 1.807) is 0 Å². The molecule has 0 spiro atoms. The van der Waals surface area contributed by atoms with Crippen LogP contribution in [0.15, 0.2) is 24.4 Å². The van der Waals surface area contributed by atoms with Gasteiger partial charge in [0.2, 0.25) is 5.88 Å². The SMILES string of the molecule is O=C(O)c1ccnc2ccc(O)nc12. The predicted molar refractivity (Wildman–Crippen MR) is 48.2 cm³/mol. The zero-order valence-electron chi connectivity index (χ0n) is 7.01. The molecule has 0 atom stereocenters. The zero-order valence-corrected chi connectivity index (χ0v) is 7.01. The normalized spacial score (nSPS) is 10.3. The fourth-order valence-electron chi connectivity index (χ4n) is 1.19. The topological polar surface area (TPSA) is 83.3 Å². The van der Waals surface area contributed by atoms with Gasteiger partial charge in [-0.1, -0.05) is 0 Å². The number of fused-ring (bicyclic) bond motifs is 1. The predicted octanol–water partition coefficient (Wildman–Crippen LogP) is 1.03. The summed E-state index contributed by atoms with van der Waals surface area (Å²) in [5.74, 6) is -1.30. The Morgan fingerprint density at radius 1 is 1.29 bits per heavy atom. The van der Waals surface area contributed by atoms with E-state index in [9.17, 15) is 4.79 Å². The van der Waals surface area contributed by atoms with Gasteiger partial charge in [0.25, 0.3) is 0 Å². The lowest BCUT2D eigenvalue weighted by atomic mass is 10.2. The largest absolute Gasteiger partial charge is 0.493 e. The Kier molecular flexibility index (Phi) is 1.78. The van der Waals surface area contributed by atoms with Gasteiger partial charge in [-0.05, 0) is 12.1 Å². The number of nitrogens with zero attached hydrogens (tertiary/aromatic N) is 2. The first kappa shape index (κ1) is 8.43. The maximum Gasteiger partial charge on any atom is 0.338 e. The van der Waals surface area contributed by atoms with Crippen LogP contribution in [-0.2, 0) is 0 Å². The number of rotatable bonds is 1. The molecule has 2 heterocycles. The molecule has 2 N–H and O–H groups in total. The van der Waals surface area contributed by atoms with Crippen molar-refractivity contribution < 1.29 is 15.0 Å². The number of pyridine rings is 2. The van der Waals surface area contributed by atoms with Crippen molar-refractivity contribution in [1.82, 2.24) is 9.97 Å². The van der Waals surface area contributed by atoms with Gasteiger partial charge in [0.05, 0.1) is 11.1 Å². The second-order valence-electron chi connectivity index (χ2n) is 2.70. The van der Waals surface area contributed by atoms with Crippen molar-refractivity contribution in [3.05, 3.63) is 30.0 Å². The molecule has 14 heavy (non-hydrogen) atoms. The Balaban J connectivity index is 2.84. The highest BCUT2D eigenvalue weighted by atomic mass is 16.4. The summed E-state index contributed by atoms with van der Waals surface area (Å²) >= 11 is 0. The van der Waals surface area contributed by atoms with Gasteiger partial charge >= 0.3 is 5.97 Å². The fraction of sp³-hybridized carbons (Fsp3) is 0. The summed E-state index contributed by atoms with van der Waals surface area (Å²) in [5.41, 5.74) is 0.675. The van der Waals surface area contributed by atoms with Crippen LogP contribution in [0.4, 0.5) is 0 Å². The van der Waals surface area contributed by atoms with E-state index in [0.29, 0.717) is 5.52 Å². The maximum absolute atomic E-state index is 10.8. The van der Waals surface area contributed by atoms with Crippen LogP contribution in [0, 0.1) is 0 Å². The van der Waals surface area contributed by atoms with Gasteiger partial charge < -0.3 is 10.2 Å². The van der Waals surface area contributed by atoms with Crippen molar-refractivity contribution in [1.29, 1.82) is 0 Å². The van der Waals surface area contributed by atoms with E-state index in [2.05, 4.69) is 9.97 Å². The summed E-state index contributed by atoms with van der Waals surface area (Å²) in [4.78, 5) is 18.4. The fourth-order valence-corrected chi connectivity index (χ4v) is 1.19. The van der Waals surface area contributed by atoms with Crippen molar-refractivity contribution >= 4 is 17.0 Å². The molecule has 0 aliphatic rings. The first-order valence-electron chi connectivity index (χ1n) is 3.86. The summed E-state index contributed by atoms with van der Waals surface area (Å²) in [7, 11) is 0. The van der Waals surface area contributed by atoms with E-state index >= 15 is 0 Å². The van der Waals surface area contributed by atoms with Crippen LogP contribution in [0.3, 0.4) is 0 Å². The van der Waals surface area contributed by atoms with E-state index in [1.807, 2.05) is 0 Å². The number of aromatic nitrogens is 2. The van der Waals surface area contributed by atoms with Crippen molar-refractivity contribution in [3.8, 4) is 5.88 Å². The van der Waals surface area contributed by atoms with E-state index < -0.39 is 5.97 Å². The van der Waals surface area contributed by atoms with Gasteiger partial charge in [-0.3, -0.25) is 4.98 Å². The highest BCUT2D eigenvalue weighted by Gasteiger charge is 2.10. The Bertz CT molecular complexity index is 510. The Morgan fingerprint density at radius 2 is 2.07 bits per heavy atom. The van der Waals surface area contributed by atoms with Crippen LogP contribution in [0.5, 0.6) is 5.88 Å². The van der Waals surface area contributed by atoms with Crippen LogP contribution in [0.2, 0.25) is 0 Å². The number of carbonyl (C=O) groups is 1. The molecule has 0 aromatic carbocycles. The molecule has 0 unspecified atom stereocenters. The molecule has 5 nitrogen and oxygen atoms in total. The second-order valence-corrected chi connectivity index (χ2v) is 2.70. The Morgan fingerprint density at radius 3 is 2.79 bits per heavy atom. The zero-order chi connectivity index (χ0) is 10.1. The lowest BCUT2D eigenvalue weighted by Gasteiger charge is -2.00. The minimum atomic E-state index is -1.09. The molecule has 0 aliphatic heterocycles. The Labute approximate surface area is 78.7 Å². The quantitative estimate of drug-likeness (QED) is 0.701. The van der Waals surface area contributed by atoms with Crippen LogP contribution < -0.4 is 0 Å². The van der Waals surface area contributed by atoms with Gasteiger partial charge in [-0.2, -0.15) is 0 Å². The first-order valence-corrected chi connectivity index (χ1v) is 3.86. The molecule has 2 rings (SSSR count). The molecule has 0 saturated carbocycles. The van der Waals surface area contributed by atoms with Gasteiger partial charge in [-0.15, -0.1) is 0 Å². The molecular weight excluding hydrogens is 184 g/mol.